The number of phenolic OH excluding ortho intramolecular Hbond substituents is 1. The van der Waals surface area contributed by atoms with E-state index < -0.39 is 0 Å². The number of aryl methyl sites for hydroxylation is 1. The zero-order valence-corrected chi connectivity index (χ0v) is 10.8. The van der Waals surface area contributed by atoms with Gasteiger partial charge < -0.3 is 10.8 Å². The zero-order chi connectivity index (χ0) is 12.3. The Kier molecular flexibility index (Phi) is 3.98. The van der Waals surface area contributed by atoms with Crippen LogP contribution in [0.25, 0.3) is 0 Å². The van der Waals surface area contributed by atoms with Crippen LogP contribution in [0.15, 0.2) is 12.1 Å². The van der Waals surface area contributed by atoms with Crippen LogP contribution in [0, 0.1) is 0 Å². The SMILES string of the molecule is CCCc1cc(C(C)(C)C)c(O)cc1CN. The summed E-state index contributed by atoms with van der Waals surface area (Å²) in [5.74, 6) is 0.368. The van der Waals surface area contributed by atoms with Gasteiger partial charge >= 0.3 is 0 Å². The molecule has 16 heavy (non-hydrogen) atoms. The highest BCUT2D eigenvalue weighted by Gasteiger charge is 2.19. The summed E-state index contributed by atoms with van der Waals surface area (Å²) in [7, 11) is 0. The molecule has 0 amide bonds. The van der Waals surface area contributed by atoms with Crippen LogP contribution in [0.1, 0.15) is 50.8 Å². The first-order chi connectivity index (χ1) is 7.40. The van der Waals surface area contributed by atoms with Gasteiger partial charge in [-0.2, -0.15) is 0 Å². The molecule has 90 valence electrons. The van der Waals surface area contributed by atoms with Crippen LogP contribution >= 0.6 is 0 Å². The van der Waals surface area contributed by atoms with Gasteiger partial charge in [-0.3, -0.25) is 0 Å². The first kappa shape index (κ1) is 13.0. The highest BCUT2D eigenvalue weighted by atomic mass is 16.3. The van der Waals surface area contributed by atoms with Gasteiger partial charge in [-0.15, -0.1) is 0 Å². The fraction of sp³-hybridized carbons (Fsp3) is 0.571. The average Bonchev–Trinajstić information content (AvgIpc) is 2.18. The molecule has 0 aliphatic rings. The summed E-state index contributed by atoms with van der Waals surface area (Å²) in [5, 5.41) is 10.00. The number of hydrogen-bond acceptors (Lipinski definition) is 2. The molecule has 2 heteroatoms. The summed E-state index contributed by atoms with van der Waals surface area (Å²) in [4.78, 5) is 0. The fourth-order valence-electron chi connectivity index (χ4n) is 1.97. The van der Waals surface area contributed by atoms with Crippen molar-refractivity contribution in [2.45, 2.75) is 52.5 Å². The minimum Gasteiger partial charge on any atom is -0.508 e. The van der Waals surface area contributed by atoms with Gasteiger partial charge in [0, 0.05) is 6.54 Å². The molecule has 1 rings (SSSR count). The molecule has 0 saturated heterocycles. The van der Waals surface area contributed by atoms with Gasteiger partial charge in [-0.25, -0.2) is 0 Å². The quantitative estimate of drug-likeness (QED) is 0.824. The third-order valence-electron chi connectivity index (χ3n) is 2.87. The van der Waals surface area contributed by atoms with Crippen molar-refractivity contribution in [3.05, 3.63) is 28.8 Å². The Bertz CT molecular complexity index is 364. The monoisotopic (exact) mass is 221 g/mol. The maximum absolute atomic E-state index is 10.00. The molecular weight excluding hydrogens is 198 g/mol. The zero-order valence-electron chi connectivity index (χ0n) is 10.8. The maximum atomic E-state index is 10.00. The van der Waals surface area contributed by atoms with E-state index in [2.05, 4.69) is 33.8 Å². The van der Waals surface area contributed by atoms with Crippen molar-refractivity contribution in [3.63, 3.8) is 0 Å². The predicted octanol–water partition coefficient (Wildman–Crippen LogP) is 3.10. The van der Waals surface area contributed by atoms with Crippen LogP contribution in [0.2, 0.25) is 0 Å². The molecule has 0 aliphatic heterocycles. The molecule has 1 aromatic carbocycles. The van der Waals surface area contributed by atoms with E-state index >= 15 is 0 Å². The lowest BCUT2D eigenvalue weighted by molar-refractivity contribution is 0.445. The van der Waals surface area contributed by atoms with Crippen LogP contribution in [-0.4, -0.2) is 5.11 Å². The molecule has 0 radical (unpaired) electrons. The molecule has 0 aromatic heterocycles. The lowest BCUT2D eigenvalue weighted by atomic mass is 9.83. The number of rotatable bonds is 3. The molecule has 1 aromatic rings. The van der Waals surface area contributed by atoms with E-state index in [0.29, 0.717) is 12.3 Å². The number of benzene rings is 1. The van der Waals surface area contributed by atoms with E-state index in [-0.39, 0.29) is 5.41 Å². The predicted molar refractivity (Wildman–Crippen MR) is 68.7 cm³/mol. The molecule has 0 heterocycles. The summed E-state index contributed by atoms with van der Waals surface area (Å²) in [6.07, 6.45) is 2.12. The lowest BCUT2D eigenvalue weighted by Gasteiger charge is -2.22. The number of hydrogen-bond donors (Lipinski definition) is 2. The maximum Gasteiger partial charge on any atom is 0.119 e. The van der Waals surface area contributed by atoms with Gasteiger partial charge in [-0.05, 0) is 34.6 Å². The fourth-order valence-corrected chi connectivity index (χ4v) is 1.97. The van der Waals surface area contributed by atoms with Crippen molar-refractivity contribution < 1.29 is 5.11 Å². The average molecular weight is 221 g/mol. The van der Waals surface area contributed by atoms with Crippen LogP contribution in [0.5, 0.6) is 5.75 Å². The van der Waals surface area contributed by atoms with E-state index in [0.717, 1.165) is 24.0 Å². The lowest BCUT2D eigenvalue weighted by Crippen LogP contribution is -2.13. The van der Waals surface area contributed by atoms with Gasteiger partial charge in [0.05, 0.1) is 0 Å². The Labute approximate surface area is 98.5 Å². The first-order valence-electron chi connectivity index (χ1n) is 5.95. The molecule has 0 saturated carbocycles. The van der Waals surface area contributed by atoms with Gasteiger partial charge in [0.1, 0.15) is 5.75 Å². The molecule has 2 nitrogen and oxygen atoms in total. The standard InChI is InChI=1S/C14H23NO/c1-5-6-10-7-12(14(2,3)4)13(16)8-11(10)9-15/h7-8,16H,5-6,9,15H2,1-4H3. The van der Waals surface area contributed by atoms with Crippen LogP contribution in [-0.2, 0) is 18.4 Å². The third kappa shape index (κ3) is 2.76. The Morgan fingerprint density at radius 3 is 2.25 bits per heavy atom. The second-order valence-electron chi connectivity index (χ2n) is 5.34. The Morgan fingerprint density at radius 2 is 1.81 bits per heavy atom. The van der Waals surface area contributed by atoms with Crippen molar-refractivity contribution in [1.29, 1.82) is 0 Å². The molecule has 0 fully saturated rings. The van der Waals surface area contributed by atoms with Gasteiger partial charge in [0.25, 0.3) is 0 Å². The van der Waals surface area contributed by atoms with Crippen molar-refractivity contribution in [2.24, 2.45) is 5.73 Å². The van der Waals surface area contributed by atoms with Crippen molar-refractivity contribution in [1.82, 2.24) is 0 Å². The minimum absolute atomic E-state index is 0.0281. The van der Waals surface area contributed by atoms with E-state index in [1.807, 2.05) is 6.07 Å². The smallest absolute Gasteiger partial charge is 0.119 e. The third-order valence-corrected chi connectivity index (χ3v) is 2.87. The van der Waals surface area contributed by atoms with Gasteiger partial charge in [0.15, 0.2) is 0 Å². The molecular formula is C14H23NO. The van der Waals surface area contributed by atoms with Crippen molar-refractivity contribution in [2.75, 3.05) is 0 Å². The topological polar surface area (TPSA) is 46.2 Å². The summed E-state index contributed by atoms with van der Waals surface area (Å²) in [5.41, 5.74) is 9.01. The van der Waals surface area contributed by atoms with Crippen LogP contribution in [0.3, 0.4) is 0 Å². The summed E-state index contributed by atoms with van der Waals surface area (Å²) < 4.78 is 0. The normalized spacial score (nSPS) is 11.8. The first-order valence-corrected chi connectivity index (χ1v) is 5.95. The second-order valence-corrected chi connectivity index (χ2v) is 5.34. The highest BCUT2D eigenvalue weighted by molar-refractivity contribution is 5.45. The molecule has 0 atom stereocenters. The largest absolute Gasteiger partial charge is 0.508 e. The molecule has 0 aliphatic carbocycles. The van der Waals surface area contributed by atoms with E-state index in [1.54, 1.807) is 0 Å². The number of aromatic hydroxyl groups is 1. The Hall–Kier alpha value is -1.02. The summed E-state index contributed by atoms with van der Waals surface area (Å²) >= 11 is 0. The summed E-state index contributed by atoms with van der Waals surface area (Å²) in [6, 6.07) is 3.94. The molecule has 0 bridgehead atoms. The second kappa shape index (κ2) is 4.88. The van der Waals surface area contributed by atoms with E-state index in [9.17, 15) is 5.11 Å². The van der Waals surface area contributed by atoms with Crippen molar-refractivity contribution >= 4 is 0 Å². The minimum atomic E-state index is -0.0281. The molecule has 0 spiro atoms. The summed E-state index contributed by atoms with van der Waals surface area (Å²) in [6.45, 7) is 8.98. The highest BCUT2D eigenvalue weighted by Crippen LogP contribution is 2.33. The molecule has 3 N–H and O–H groups in total. The Balaban J connectivity index is 3.27. The van der Waals surface area contributed by atoms with Gasteiger partial charge in [0.2, 0.25) is 0 Å². The Morgan fingerprint density at radius 1 is 1.19 bits per heavy atom. The molecule has 0 unspecified atom stereocenters. The van der Waals surface area contributed by atoms with E-state index in [1.165, 1.54) is 5.56 Å². The van der Waals surface area contributed by atoms with E-state index in [4.69, 9.17) is 5.73 Å². The van der Waals surface area contributed by atoms with Crippen molar-refractivity contribution in [3.8, 4) is 5.75 Å². The van der Waals surface area contributed by atoms with Crippen LogP contribution in [0.4, 0.5) is 0 Å². The number of nitrogens with two attached hydrogens (primary N) is 1. The number of phenols is 1. The van der Waals surface area contributed by atoms with Crippen LogP contribution < -0.4 is 5.73 Å². The van der Waals surface area contributed by atoms with Gasteiger partial charge in [-0.1, -0.05) is 40.2 Å².